The maximum Gasteiger partial charge on any atom is 0.325 e. The minimum absolute atomic E-state index is 0.0262. The second-order valence-electron chi connectivity index (χ2n) is 8.63. The van der Waals surface area contributed by atoms with Gasteiger partial charge in [0.15, 0.2) is 21.3 Å². The quantitative estimate of drug-likeness (QED) is 0.555. The third-order valence-corrected chi connectivity index (χ3v) is 8.24. The predicted octanol–water partition coefficient (Wildman–Crippen LogP) is 1.29. The van der Waals surface area contributed by atoms with Crippen molar-refractivity contribution in [3.8, 4) is 11.5 Å². The highest BCUT2D eigenvalue weighted by atomic mass is 32.2. The van der Waals surface area contributed by atoms with Gasteiger partial charge in [0.25, 0.3) is 5.91 Å². The molecule has 0 spiro atoms. The number of benzene rings is 1. The van der Waals surface area contributed by atoms with Crippen LogP contribution in [0.25, 0.3) is 0 Å². The molecule has 0 unspecified atom stereocenters. The smallest absolute Gasteiger partial charge is 0.325 e. The Labute approximate surface area is 194 Å². The van der Waals surface area contributed by atoms with Crippen LogP contribution in [0.5, 0.6) is 11.5 Å². The Morgan fingerprint density at radius 1 is 1.27 bits per heavy atom. The molecule has 182 valence electrons. The number of amides is 4. The summed E-state index contributed by atoms with van der Waals surface area (Å²) in [4.78, 5) is 41.7. The normalized spacial score (nSPS) is 25.0. The summed E-state index contributed by atoms with van der Waals surface area (Å²) in [6.45, 7) is 4.84. The molecule has 0 aliphatic carbocycles. The number of methoxy groups -OCH3 is 2. The molecular weight excluding hydrogens is 450 g/mol. The van der Waals surface area contributed by atoms with Crippen molar-refractivity contribution in [2.75, 3.05) is 32.3 Å². The zero-order valence-corrected chi connectivity index (χ0v) is 20.4. The van der Waals surface area contributed by atoms with Crippen molar-refractivity contribution in [3.05, 3.63) is 23.8 Å². The zero-order chi connectivity index (χ0) is 24.6. The Bertz CT molecular complexity index is 1060. The Morgan fingerprint density at radius 2 is 1.94 bits per heavy atom. The highest BCUT2D eigenvalue weighted by Crippen LogP contribution is 2.35. The van der Waals surface area contributed by atoms with E-state index >= 15 is 0 Å². The van der Waals surface area contributed by atoms with Gasteiger partial charge in [-0.1, -0.05) is 13.0 Å². The fourth-order valence-electron chi connectivity index (χ4n) is 4.40. The van der Waals surface area contributed by atoms with Crippen LogP contribution in [0.2, 0.25) is 0 Å². The van der Waals surface area contributed by atoms with E-state index in [4.69, 9.17) is 9.47 Å². The molecule has 3 rings (SSSR count). The Balaban J connectivity index is 1.84. The lowest BCUT2D eigenvalue weighted by atomic mass is 9.91. The van der Waals surface area contributed by atoms with Crippen molar-refractivity contribution < 1.29 is 32.3 Å². The van der Waals surface area contributed by atoms with Crippen molar-refractivity contribution in [1.82, 2.24) is 15.1 Å². The second kappa shape index (κ2) is 9.20. The van der Waals surface area contributed by atoms with E-state index < -0.39 is 45.8 Å². The molecule has 3 atom stereocenters. The summed E-state index contributed by atoms with van der Waals surface area (Å²) in [5.41, 5.74) is -0.913. The summed E-state index contributed by atoms with van der Waals surface area (Å²) < 4.78 is 34.5. The van der Waals surface area contributed by atoms with Crippen LogP contribution in [-0.2, 0) is 25.0 Å². The van der Waals surface area contributed by atoms with Crippen LogP contribution >= 0.6 is 0 Å². The van der Waals surface area contributed by atoms with Gasteiger partial charge in [0.1, 0.15) is 12.1 Å². The van der Waals surface area contributed by atoms with E-state index in [1.54, 1.807) is 25.1 Å². The molecule has 1 N–H and O–H groups in total. The first kappa shape index (κ1) is 24.8. The van der Waals surface area contributed by atoms with Gasteiger partial charge in [-0.05, 0) is 44.4 Å². The van der Waals surface area contributed by atoms with Crippen LogP contribution in [0.1, 0.15) is 39.2 Å². The van der Waals surface area contributed by atoms with Crippen LogP contribution in [0.3, 0.4) is 0 Å². The maximum atomic E-state index is 13.3. The topological polar surface area (TPSA) is 122 Å². The third-order valence-electron chi connectivity index (χ3n) is 6.48. The molecule has 0 saturated carbocycles. The Hall–Kier alpha value is -2.82. The molecule has 0 aromatic heterocycles. The van der Waals surface area contributed by atoms with Crippen molar-refractivity contribution in [2.45, 2.75) is 51.2 Å². The van der Waals surface area contributed by atoms with Crippen LogP contribution in [0, 0.1) is 0 Å². The monoisotopic (exact) mass is 481 g/mol. The first-order valence-electron chi connectivity index (χ1n) is 10.9. The van der Waals surface area contributed by atoms with Crippen molar-refractivity contribution in [3.63, 3.8) is 0 Å². The van der Waals surface area contributed by atoms with Gasteiger partial charge in [-0.15, -0.1) is 0 Å². The molecule has 10 nitrogen and oxygen atoms in total. The van der Waals surface area contributed by atoms with Gasteiger partial charge in [-0.2, -0.15) is 0 Å². The molecule has 33 heavy (non-hydrogen) atoms. The zero-order valence-electron chi connectivity index (χ0n) is 19.6. The lowest BCUT2D eigenvalue weighted by Gasteiger charge is -2.34. The van der Waals surface area contributed by atoms with E-state index in [2.05, 4.69) is 5.32 Å². The molecule has 0 bridgehead atoms. The number of carbonyl (C=O) groups excluding carboxylic acids is 3. The van der Waals surface area contributed by atoms with Gasteiger partial charge in [0, 0.05) is 12.1 Å². The number of urea groups is 1. The number of imide groups is 1. The number of hydrogen-bond donors (Lipinski definition) is 1. The van der Waals surface area contributed by atoms with Crippen molar-refractivity contribution in [1.29, 1.82) is 0 Å². The third kappa shape index (κ3) is 4.64. The van der Waals surface area contributed by atoms with E-state index in [-0.39, 0.29) is 17.5 Å². The van der Waals surface area contributed by atoms with E-state index in [0.29, 0.717) is 29.9 Å². The predicted molar refractivity (Wildman–Crippen MR) is 121 cm³/mol. The minimum Gasteiger partial charge on any atom is -0.493 e. The molecule has 4 amide bonds. The average Bonchev–Trinajstić information content (AvgIpc) is 3.24. The number of hydrogen-bond acceptors (Lipinski definition) is 7. The van der Waals surface area contributed by atoms with Gasteiger partial charge in [0.2, 0.25) is 5.91 Å². The van der Waals surface area contributed by atoms with E-state index in [9.17, 15) is 22.8 Å². The van der Waals surface area contributed by atoms with Crippen molar-refractivity contribution in [2.24, 2.45) is 0 Å². The lowest BCUT2D eigenvalue weighted by Crippen LogP contribution is -2.51. The minimum atomic E-state index is -3.21. The molecule has 2 aliphatic rings. The molecule has 2 saturated heterocycles. The van der Waals surface area contributed by atoms with Crippen LogP contribution in [0.4, 0.5) is 4.79 Å². The molecule has 2 heterocycles. The van der Waals surface area contributed by atoms with Gasteiger partial charge < -0.3 is 19.7 Å². The summed E-state index contributed by atoms with van der Waals surface area (Å²) in [5.74, 6) is -0.226. The first-order chi connectivity index (χ1) is 15.5. The summed E-state index contributed by atoms with van der Waals surface area (Å²) in [6, 6.07) is 3.52. The Kier molecular flexibility index (Phi) is 6.92. The summed E-state index contributed by atoms with van der Waals surface area (Å²) in [5, 5.41) is 2.68. The van der Waals surface area contributed by atoms with Gasteiger partial charge in [-0.25, -0.2) is 13.2 Å². The van der Waals surface area contributed by atoms with E-state index in [1.165, 1.54) is 19.1 Å². The molecule has 2 fully saturated rings. The summed E-state index contributed by atoms with van der Waals surface area (Å²) in [7, 11) is -0.245. The first-order valence-corrected chi connectivity index (χ1v) is 12.7. The fourth-order valence-corrected chi connectivity index (χ4v) is 6.11. The van der Waals surface area contributed by atoms with Gasteiger partial charge in [-0.3, -0.25) is 14.5 Å². The number of rotatable bonds is 8. The summed E-state index contributed by atoms with van der Waals surface area (Å²) in [6.07, 6.45) is 0.966. The van der Waals surface area contributed by atoms with Crippen LogP contribution in [-0.4, -0.2) is 80.4 Å². The number of sulfone groups is 1. The van der Waals surface area contributed by atoms with E-state index in [1.807, 2.05) is 13.8 Å². The van der Waals surface area contributed by atoms with E-state index in [0.717, 1.165) is 4.90 Å². The van der Waals surface area contributed by atoms with Crippen LogP contribution < -0.4 is 14.8 Å². The van der Waals surface area contributed by atoms with Crippen molar-refractivity contribution >= 4 is 27.7 Å². The number of carbonyl (C=O) groups is 3. The largest absolute Gasteiger partial charge is 0.493 e. The van der Waals surface area contributed by atoms with Gasteiger partial charge >= 0.3 is 6.03 Å². The molecule has 2 aliphatic heterocycles. The SMILES string of the molecule is CC[C@H](C)N(C(=O)CN1C(=O)N[C@@](C)(c2ccc(OC)c(OC)c2)C1=O)[C@@H]1CCS(=O)(=O)C1. The highest BCUT2D eigenvalue weighted by molar-refractivity contribution is 7.91. The number of nitrogens with one attached hydrogen (secondary N) is 1. The highest BCUT2D eigenvalue weighted by Gasteiger charge is 2.50. The fraction of sp³-hybridized carbons (Fsp3) is 0.591. The number of nitrogens with zero attached hydrogens (tertiary/aromatic N) is 2. The van der Waals surface area contributed by atoms with Gasteiger partial charge in [0.05, 0.1) is 25.7 Å². The maximum absolute atomic E-state index is 13.3. The standard InChI is InChI=1S/C22H31N3O7S/c1-6-14(2)25(16-9-10-33(29,30)13-16)19(26)12-24-20(27)22(3,23-21(24)28)15-7-8-17(31-4)18(11-15)32-5/h7-8,11,14,16H,6,9-10,12-13H2,1-5H3,(H,23,28)/t14-,16+,22-/m0/s1. The molecule has 1 aromatic carbocycles. The molecular formula is C22H31N3O7S. The average molecular weight is 482 g/mol. The summed E-state index contributed by atoms with van der Waals surface area (Å²) >= 11 is 0. The van der Waals surface area contributed by atoms with Crippen LogP contribution in [0.15, 0.2) is 18.2 Å². The molecule has 11 heteroatoms. The molecule has 0 radical (unpaired) electrons. The lowest BCUT2D eigenvalue weighted by molar-refractivity contribution is -0.141. The molecule has 1 aromatic rings. The number of ether oxygens (including phenoxy) is 2. The second-order valence-corrected chi connectivity index (χ2v) is 10.9. The Morgan fingerprint density at radius 3 is 2.48 bits per heavy atom.